The van der Waals surface area contributed by atoms with Gasteiger partial charge in [0.25, 0.3) is 0 Å². The fraction of sp³-hybridized carbons (Fsp3) is 0.118. The van der Waals surface area contributed by atoms with Gasteiger partial charge in [0.15, 0.2) is 0 Å². The minimum Gasteiger partial charge on any atom is -0.340 e. The smallest absolute Gasteiger partial charge is 0.128 e. The average Bonchev–Trinajstić information content (AvgIpc) is 3.05. The SMILES string of the molecule is CSc1ccc(-c2cnc([C@@H](N)c3ccccc3)[nH]2)cc1. The molecule has 0 aliphatic rings. The van der Waals surface area contributed by atoms with Crippen LogP contribution in [-0.4, -0.2) is 16.2 Å². The standard InChI is InChI=1S/C17H17N3S/c1-21-14-9-7-12(8-10-14)15-11-19-17(20-15)16(18)13-5-3-2-4-6-13/h2-11,16H,18H2,1H3,(H,19,20)/t16-/m0/s1. The lowest BCUT2D eigenvalue weighted by atomic mass is 10.1. The van der Waals surface area contributed by atoms with Gasteiger partial charge < -0.3 is 10.7 Å². The highest BCUT2D eigenvalue weighted by Crippen LogP contribution is 2.24. The van der Waals surface area contributed by atoms with E-state index < -0.39 is 0 Å². The molecule has 0 unspecified atom stereocenters. The van der Waals surface area contributed by atoms with E-state index in [0.717, 1.165) is 22.6 Å². The number of hydrogen-bond acceptors (Lipinski definition) is 3. The van der Waals surface area contributed by atoms with Crippen molar-refractivity contribution in [3.8, 4) is 11.3 Å². The van der Waals surface area contributed by atoms with Crippen LogP contribution in [0, 0.1) is 0 Å². The number of benzene rings is 2. The van der Waals surface area contributed by atoms with Gasteiger partial charge in [-0.05, 0) is 29.5 Å². The zero-order valence-electron chi connectivity index (χ0n) is 11.8. The average molecular weight is 295 g/mol. The van der Waals surface area contributed by atoms with E-state index in [1.54, 1.807) is 11.8 Å². The van der Waals surface area contributed by atoms with Crippen molar-refractivity contribution < 1.29 is 0 Å². The molecule has 0 aliphatic heterocycles. The van der Waals surface area contributed by atoms with E-state index in [4.69, 9.17) is 5.73 Å². The van der Waals surface area contributed by atoms with E-state index in [-0.39, 0.29) is 6.04 Å². The van der Waals surface area contributed by atoms with Crippen LogP contribution in [0.15, 0.2) is 65.7 Å². The number of imidazole rings is 1. The van der Waals surface area contributed by atoms with Gasteiger partial charge in [0.05, 0.1) is 17.9 Å². The number of aromatic nitrogens is 2. The van der Waals surface area contributed by atoms with E-state index in [1.165, 1.54) is 4.90 Å². The van der Waals surface area contributed by atoms with Crippen molar-refractivity contribution in [1.29, 1.82) is 0 Å². The van der Waals surface area contributed by atoms with Crippen LogP contribution in [0.3, 0.4) is 0 Å². The van der Waals surface area contributed by atoms with Crippen molar-refractivity contribution in [2.75, 3.05) is 6.26 Å². The second-order valence-corrected chi connectivity index (χ2v) is 5.68. The number of nitrogens with one attached hydrogen (secondary N) is 1. The Bertz CT molecular complexity index is 704. The zero-order chi connectivity index (χ0) is 14.7. The van der Waals surface area contributed by atoms with Gasteiger partial charge in [-0.1, -0.05) is 42.5 Å². The summed E-state index contributed by atoms with van der Waals surface area (Å²) >= 11 is 1.73. The molecule has 106 valence electrons. The van der Waals surface area contributed by atoms with Gasteiger partial charge in [-0.25, -0.2) is 4.98 Å². The number of aromatic amines is 1. The highest BCUT2D eigenvalue weighted by atomic mass is 32.2. The van der Waals surface area contributed by atoms with Crippen molar-refractivity contribution in [3.05, 3.63) is 72.2 Å². The minimum atomic E-state index is -0.231. The summed E-state index contributed by atoms with van der Waals surface area (Å²) in [5.74, 6) is 0.783. The largest absolute Gasteiger partial charge is 0.340 e. The number of nitrogens with two attached hydrogens (primary N) is 1. The third-order valence-electron chi connectivity index (χ3n) is 3.45. The predicted octanol–water partition coefficient (Wildman–Crippen LogP) is 3.85. The zero-order valence-corrected chi connectivity index (χ0v) is 12.6. The van der Waals surface area contributed by atoms with Gasteiger partial charge in [0.1, 0.15) is 5.82 Å². The summed E-state index contributed by atoms with van der Waals surface area (Å²) in [4.78, 5) is 9.00. The lowest BCUT2D eigenvalue weighted by Gasteiger charge is -2.08. The number of thioether (sulfide) groups is 1. The van der Waals surface area contributed by atoms with Crippen LogP contribution >= 0.6 is 11.8 Å². The van der Waals surface area contributed by atoms with Gasteiger partial charge in [0, 0.05) is 4.90 Å². The summed E-state index contributed by atoms with van der Waals surface area (Å²) in [7, 11) is 0. The Morgan fingerprint density at radius 2 is 1.76 bits per heavy atom. The summed E-state index contributed by atoms with van der Waals surface area (Å²) in [6.07, 6.45) is 3.91. The molecule has 0 spiro atoms. The second kappa shape index (κ2) is 6.16. The molecule has 2 aromatic carbocycles. The molecule has 0 aliphatic carbocycles. The van der Waals surface area contributed by atoms with E-state index in [9.17, 15) is 0 Å². The first-order chi connectivity index (χ1) is 10.3. The first-order valence-electron chi connectivity index (χ1n) is 6.78. The van der Waals surface area contributed by atoms with Crippen LogP contribution in [0.2, 0.25) is 0 Å². The first kappa shape index (κ1) is 13.9. The highest BCUT2D eigenvalue weighted by molar-refractivity contribution is 7.98. The molecule has 3 N–H and O–H groups in total. The van der Waals surface area contributed by atoms with Crippen LogP contribution in [0.4, 0.5) is 0 Å². The number of hydrogen-bond donors (Lipinski definition) is 2. The molecule has 0 amide bonds. The lowest BCUT2D eigenvalue weighted by Crippen LogP contribution is -2.13. The Balaban J connectivity index is 1.85. The molecule has 0 saturated heterocycles. The molecule has 3 rings (SSSR count). The van der Waals surface area contributed by atoms with Crippen molar-refractivity contribution in [2.45, 2.75) is 10.9 Å². The van der Waals surface area contributed by atoms with Crippen LogP contribution in [0.25, 0.3) is 11.3 Å². The maximum absolute atomic E-state index is 6.26. The minimum absolute atomic E-state index is 0.231. The monoisotopic (exact) mass is 295 g/mol. The van der Waals surface area contributed by atoms with Crippen molar-refractivity contribution in [2.24, 2.45) is 5.73 Å². The maximum atomic E-state index is 6.26. The molecule has 4 heteroatoms. The second-order valence-electron chi connectivity index (χ2n) is 4.80. The lowest BCUT2D eigenvalue weighted by molar-refractivity contribution is 0.801. The fourth-order valence-electron chi connectivity index (χ4n) is 2.23. The van der Waals surface area contributed by atoms with E-state index in [2.05, 4.69) is 40.5 Å². The molecular weight excluding hydrogens is 278 g/mol. The molecule has 0 fully saturated rings. The molecule has 21 heavy (non-hydrogen) atoms. The molecule has 1 atom stereocenters. The Morgan fingerprint density at radius 3 is 2.43 bits per heavy atom. The molecular formula is C17H17N3S. The molecule has 1 heterocycles. The van der Waals surface area contributed by atoms with Crippen molar-refractivity contribution >= 4 is 11.8 Å². The van der Waals surface area contributed by atoms with Gasteiger partial charge in [-0.15, -0.1) is 11.8 Å². The molecule has 0 bridgehead atoms. The summed E-state index contributed by atoms with van der Waals surface area (Å²) in [6, 6.07) is 18.2. The van der Waals surface area contributed by atoms with Crippen molar-refractivity contribution in [1.82, 2.24) is 9.97 Å². The molecule has 3 aromatic rings. The molecule has 0 radical (unpaired) electrons. The third-order valence-corrected chi connectivity index (χ3v) is 4.19. The predicted molar refractivity (Wildman–Crippen MR) is 88.3 cm³/mol. The van der Waals surface area contributed by atoms with Crippen LogP contribution in [0.1, 0.15) is 17.4 Å². The Hall–Kier alpha value is -2.04. The normalized spacial score (nSPS) is 12.3. The number of H-pyrrole nitrogens is 1. The van der Waals surface area contributed by atoms with Gasteiger partial charge in [0.2, 0.25) is 0 Å². The summed E-state index contributed by atoms with van der Waals surface area (Å²) < 4.78 is 0. The van der Waals surface area contributed by atoms with E-state index >= 15 is 0 Å². The highest BCUT2D eigenvalue weighted by Gasteiger charge is 2.12. The number of rotatable bonds is 4. The van der Waals surface area contributed by atoms with Gasteiger partial charge >= 0.3 is 0 Å². The van der Waals surface area contributed by atoms with Crippen molar-refractivity contribution in [3.63, 3.8) is 0 Å². The summed E-state index contributed by atoms with van der Waals surface area (Å²) in [6.45, 7) is 0. The third kappa shape index (κ3) is 3.01. The Morgan fingerprint density at radius 1 is 1.05 bits per heavy atom. The van der Waals surface area contributed by atoms with Crippen LogP contribution in [-0.2, 0) is 0 Å². The van der Waals surface area contributed by atoms with Crippen LogP contribution < -0.4 is 5.73 Å². The summed E-state index contributed by atoms with van der Waals surface area (Å²) in [5.41, 5.74) is 9.42. The maximum Gasteiger partial charge on any atom is 0.128 e. The van der Waals surface area contributed by atoms with Crippen LogP contribution in [0.5, 0.6) is 0 Å². The summed E-state index contributed by atoms with van der Waals surface area (Å²) in [5, 5.41) is 0. The quantitative estimate of drug-likeness (QED) is 0.719. The topological polar surface area (TPSA) is 54.7 Å². The first-order valence-corrected chi connectivity index (χ1v) is 8.00. The molecule has 0 saturated carbocycles. The Labute approximate surface area is 128 Å². The number of nitrogens with zero attached hydrogens (tertiary/aromatic N) is 1. The fourth-order valence-corrected chi connectivity index (χ4v) is 2.64. The van der Waals surface area contributed by atoms with E-state index in [0.29, 0.717) is 0 Å². The van der Waals surface area contributed by atoms with Gasteiger partial charge in [-0.3, -0.25) is 0 Å². The van der Waals surface area contributed by atoms with Gasteiger partial charge in [-0.2, -0.15) is 0 Å². The van der Waals surface area contributed by atoms with E-state index in [1.807, 2.05) is 36.5 Å². The Kier molecular flexibility index (Phi) is 4.08. The molecule has 1 aromatic heterocycles. The molecule has 3 nitrogen and oxygen atoms in total.